The van der Waals surface area contributed by atoms with Gasteiger partial charge in [0.1, 0.15) is 0 Å². The molecular formula is C22H22N4O2S. The lowest BCUT2D eigenvalue weighted by Crippen LogP contribution is -2.41. The van der Waals surface area contributed by atoms with Crippen molar-refractivity contribution < 1.29 is 9.90 Å². The van der Waals surface area contributed by atoms with Gasteiger partial charge in [-0.2, -0.15) is 5.10 Å². The van der Waals surface area contributed by atoms with E-state index >= 15 is 0 Å². The molecule has 6 nitrogen and oxygen atoms in total. The first-order valence-electron chi connectivity index (χ1n) is 9.84. The monoisotopic (exact) mass is 406 g/mol. The molecule has 0 bridgehead atoms. The third kappa shape index (κ3) is 3.47. The number of hydrogen-bond donors (Lipinski definition) is 3. The van der Waals surface area contributed by atoms with Crippen LogP contribution in [0.25, 0.3) is 31.4 Å². The lowest BCUT2D eigenvalue weighted by Gasteiger charge is -2.31. The van der Waals surface area contributed by atoms with Gasteiger partial charge < -0.3 is 15.3 Å². The summed E-state index contributed by atoms with van der Waals surface area (Å²) in [6, 6.07) is 14.4. The van der Waals surface area contributed by atoms with Gasteiger partial charge in [0.2, 0.25) is 0 Å². The van der Waals surface area contributed by atoms with Gasteiger partial charge in [0.15, 0.2) is 0 Å². The number of piperidine rings is 1. The topological polar surface area (TPSA) is 81.2 Å². The molecule has 2 aromatic heterocycles. The number of carbonyl (C=O) groups excluding carboxylic acids is 1. The van der Waals surface area contributed by atoms with Crippen molar-refractivity contribution in [2.75, 3.05) is 25.0 Å². The first-order chi connectivity index (χ1) is 14.2. The van der Waals surface area contributed by atoms with Crippen LogP contribution in [0.5, 0.6) is 0 Å². The Bertz CT molecular complexity index is 1140. The number of amides is 2. The van der Waals surface area contributed by atoms with Crippen LogP contribution in [0.2, 0.25) is 0 Å². The Morgan fingerprint density at radius 1 is 1.21 bits per heavy atom. The molecule has 0 atom stereocenters. The Hall–Kier alpha value is -2.90. The summed E-state index contributed by atoms with van der Waals surface area (Å²) in [4.78, 5) is 15.7. The summed E-state index contributed by atoms with van der Waals surface area (Å²) in [7, 11) is 0. The van der Waals surface area contributed by atoms with E-state index in [0.717, 1.165) is 39.9 Å². The molecule has 2 aromatic carbocycles. The molecule has 0 aliphatic carbocycles. The standard InChI is InChI=1S/C22H22N4O2S/c27-13-14-5-7-26(8-6-14)22(28)24-17-9-16-12-23-25-21(16)18(11-17)20-10-15-3-1-2-4-19(15)29-20/h1-4,9-12,14,27H,5-8,13H2,(H,23,25)(H,24,28). The highest BCUT2D eigenvalue weighted by Crippen LogP contribution is 2.38. The number of H-pyrrole nitrogens is 1. The van der Waals surface area contributed by atoms with E-state index in [-0.39, 0.29) is 12.6 Å². The summed E-state index contributed by atoms with van der Waals surface area (Å²) in [5.41, 5.74) is 2.77. The molecule has 3 heterocycles. The molecule has 29 heavy (non-hydrogen) atoms. The number of aliphatic hydroxyl groups excluding tert-OH is 1. The van der Waals surface area contributed by atoms with E-state index in [1.54, 1.807) is 17.5 Å². The zero-order valence-electron chi connectivity index (χ0n) is 15.9. The number of aromatic amines is 1. The van der Waals surface area contributed by atoms with Gasteiger partial charge in [-0.3, -0.25) is 5.10 Å². The molecule has 2 amide bonds. The molecule has 1 aliphatic rings. The van der Waals surface area contributed by atoms with E-state index in [9.17, 15) is 9.90 Å². The fourth-order valence-corrected chi connectivity index (χ4v) is 5.04. The molecule has 0 spiro atoms. The maximum Gasteiger partial charge on any atom is 0.321 e. The number of nitrogens with zero attached hydrogens (tertiary/aromatic N) is 2. The van der Waals surface area contributed by atoms with E-state index < -0.39 is 0 Å². The highest BCUT2D eigenvalue weighted by Gasteiger charge is 2.22. The molecule has 7 heteroatoms. The summed E-state index contributed by atoms with van der Waals surface area (Å²) in [5, 5.41) is 21.8. The number of carbonyl (C=O) groups is 1. The van der Waals surface area contributed by atoms with Crippen LogP contribution in [0.3, 0.4) is 0 Å². The summed E-state index contributed by atoms with van der Waals surface area (Å²) in [5.74, 6) is 0.306. The number of rotatable bonds is 3. The Morgan fingerprint density at radius 3 is 2.83 bits per heavy atom. The van der Waals surface area contributed by atoms with Crippen LogP contribution >= 0.6 is 11.3 Å². The van der Waals surface area contributed by atoms with E-state index in [2.05, 4.69) is 33.7 Å². The number of fused-ring (bicyclic) bond motifs is 2. The van der Waals surface area contributed by atoms with Crippen LogP contribution in [0.4, 0.5) is 10.5 Å². The van der Waals surface area contributed by atoms with Crippen LogP contribution in [0, 0.1) is 5.92 Å². The number of aromatic nitrogens is 2. The van der Waals surface area contributed by atoms with Gasteiger partial charge in [-0.05, 0) is 48.4 Å². The van der Waals surface area contributed by atoms with E-state index in [0.29, 0.717) is 19.0 Å². The average molecular weight is 407 g/mol. The van der Waals surface area contributed by atoms with Gasteiger partial charge in [0.05, 0.1) is 11.7 Å². The Balaban J connectivity index is 1.45. The first-order valence-corrected chi connectivity index (χ1v) is 10.7. The molecule has 3 N–H and O–H groups in total. The lowest BCUT2D eigenvalue weighted by molar-refractivity contribution is 0.143. The predicted octanol–water partition coefficient (Wildman–Crippen LogP) is 4.68. The number of benzene rings is 2. The molecule has 1 fully saturated rings. The third-order valence-electron chi connectivity index (χ3n) is 5.65. The quantitative estimate of drug-likeness (QED) is 0.462. The summed E-state index contributed by atoms with van der Waals surface area (Å²) < 4.78 is 1.23. The van der Waals surface area contributed by atoms with Crippen molar-refractivity contribution in [2.45, 2.75) is 12.8 Å². The summed E-state index contributed by atoms with van der Waals surface area (Å²) in [6.07, 6.45) is 3.48. The minimum Gasteiger partial charge on any atom is -0.396 e. The fraction of sp³-hybridized carbons (Fsp3) is 0.273. The van der Waals surface area contributed by atoms with Gasteiger partial charge in [-0.15, -0.1) is 11.3 Å². The number of likely N-dealkylation sites (tertiary alicyclic amines) is 1. The number of urea groups is 1. The Kier molecular flexibility index (Phi) is 4.69. The number of nitrogens with one attached hydrogen (secondary N) is 2. The van der Waals surface area contributed by atoms with Gasteiger partial charge >= 0.3 is 6.03 Å². The maximum atomic E-state index is 12.8. The third-order valence-corrected chi connectivity index (χ3v) is 6.80. The summed E-state index contributed by atoms with van der Waals surface area (Å²) in [6.45, 7) is 1.55. The van der Waals surface area contributed by atoms with Crippen molar-refractivity contribution in [1.82, 2.24) is 15.1 Å². The first kappa shape index (κ1) is 18.1. The number of anilines is 1. The molecule has 4 aromatic rings. The molecule has 0 unspecified atom stereocenters. The second-order valence-electron chi connectivity index (χ2n) is 7.55. The lowest BCUT2D eigenvalue weighted by atomic mass is 9.98. The normalized spacial score (nSPS) is 15.3. The SMILES string of the molecule is O=C(Nc1cc(-c2cc3ccccc3s2)c2[nH]ncc2c1)N1CCC(CO)CC1. The van der Waals surface area contributed by atoms with Crippen molar-refractivity contribution in [2.24, 2.45) is 5.92 Å². The Morgan fingerprint density at radius 2 is 2.03 bits per heavy atom. The Labute approximate surface area is 172 Å². The fourth-order valence-electron chi connectivity index (χ4n) is 3.96. The minimum absolute atomic E-state index is 0.0912. The van der Waals surface area contributed by atoms with Crippen LogP contribution < -0.4 is 5.32 Å². The van der Waals surface area contributed by atoms with E-state index in [4.69, 9.17) is 0 Å². The largest absolute Gasteiger partial charge is 0.396 e. The highest BCUT2D eigenvalue weighted by molar-refractivity contribution is 7.22. The number of hydrogen-bond acceptors (Lipinski definition) is 4. The van der Waals surface area contributed by atoms with Gasteiger partial charge in [0.25, 0.3) is 0 Å². The number of aliphatic hydroxyl groups is 1. The van der Waals surface area contributed by atoms with Crippen LogP contribution in [-0.4, -0.2) is 45.9 Å². The predicted molar refractivity (Wildman–Crippen MR) is 117 cm³/mol. The average Bonchev–Trinajstić information content (AvgIpc) is 3.40. The van der Waals surface area contributed by atoms with Crippen LogP contribution in [0.15, 0.2) is 48.7 Å². The highest BCUT2D eigenvalue weighted by atomic mass is 32.1. The van der Waals surface area contributed by atoms with Crippen molar-refractivity contribution in [3.8, 4) is 10.4 Å². The molecular weight excluding hydrogens is 384 g/mol. The minimum atomic E-state index is -0.0912. The van der Waals surface area contributed by atoms with E-state index in [1.165, 1.54) is 10.1 Å². The van der Waals surface area contributed by atoms with Crippen LogP contribution in [0.1, 0.15) is 12.8 Å². The molecule has 1 saturated heterocycles. The number of thiophene rings is 1. The van der Waals surface area contributed by atoms with Gasteiger partial charge in [0, 0.05) is 45.9 Å². The maximum absolute atomic E-state index is 12.8. The second kappa shape index (κ2) is 7.50. The molecule has 0 saturated carbocycles. The zero-order chi connectivity index (χ0) is 19.8. The summed E-state index contributed by atoms with van der Waals surface area (Å²) >= 11 is 1.73. The molecule has 5 rings (SSSR count). The van der Waals surface area contributed by atoms with Crippen molar-refractivity contribution in [3.63, 3.8) is 0 Å². The van der Waals surface area contributed by atoms with Crippen molar-refractivity contribution >= 4 is 44.0 Å². The smallest absolute Gasteiger partial charge is 0.321 e. The zero-order valence-corrected chi connectivity index (χ0v) is 16.7. The molecule has 1 aliphatic heterocycles. The van der Waals surface area contributed by atoms with Crippen molar-refractivity contribution in [3.05, 3.63) is 48.7 Å². The van der Waals surface area contributed by atoms with Gasteiger partial charge in [-0.25, -0.2) is 4.79 Å². The molecule has 148 valence electrons. The van der Waals surface area contributed by atoms with Gasteiger partial charge in [-0.1, -0.05) is 18.2 Å². The van der Waals surface area contributed by atoms with E-state index in [1.807, 2.05) is 29.2 Å². The second-order valence-corrected chi connectivity index (χ2v) is 8.63. The van der Waals surface area contributed by atoms with Crippen molar-refractivity contribution in [1.29, 1.82) is 0 Å². The van der Waals surface area contributed by atoms with Crippen LogP contribution in [-0.2, 0) is 0 Å². The molecule has 0 radical (unpaired) electrons.